The third-order valence-electron chi connectivity index (χ3n) is 3.62. The molecule has 1 atom stereocenters. The van der Waals surface area contributed by atoms with E-state index >= 15 is 0 Å². The van der Waals surface area contributed by atoms with Gasteiger partial charge in [0, 0.05) is 18.2 Å². The van der Waals surface area contributed by atoms with Crippen LogP contribution in [0.3, 0.4) is 0 Å². The average molecular weight is 347 g/mol. The molecular weight excluding hydrogens is 332 g/mol. The van der Waals surface area contributed by atoms with Gasteiger partial charge >= 0.3 is 0 Å². The molecule has 7 nitrogen and oxygen atoms in total. The molecule has 1 aromatic heterocycles. The number of aromatic nitrogens is 1. The van der Waals surface area contributed by atoms with Crippen LogP contribution in [0.2, 0.25) is 0 Å². The molecule has 1 N–H and O–H groups in total. The topological polar surface area (TPSA) is 95.1 Å². The molecule has 0 amide bonds. The third kappa shape index (κ3) is 4.05. The van der Waals surface area contributed by atoms with Crippen molar-refractivity contribution in [3.05, 3.63) is 63.3 Å². The van der Waals surface area contributed by atoms with Crippen molar-refractivity contribution in [1.29, 1.82) is 5.26 Å². The van der Waals surface area contributed by atoms with Crippen molar-refractivity contribution in [2.45, 2.75) is 6.04 Å². The van der Waals surface area contributed by atoms with Gasteiger partial charge < -0.3 is 10.2 Å². The zero-order chi connectivity index (χ0) is 18.6. The lowest BCUT2D eigenvalue weighted by Gasteiger charge is -2.26. The summed E-state index contributed by atoms with van der Waals surface area (Å²) >= 11 is 0. The highest BCUT2D eigenvalue weighted by atomic mass is 19.1. The van der Waals surface area contributed by atoms with Gasteiger partial charge in [0.25, 0.3) is 5.69 Å². The summed E-state index contributed by atoms with van der Waals surface area (Å²) in [4.78, 5) is 15.6. The Hall–Kier alpha value is -3.12. The summed E-state index contributed by atoms with van der Waals surface area (Å²) in [7, 11) is 3.32. The Morgan fingerprint density at radius 1 is 1.40 bits per heavy atom. The fraction of sp³-hybridized carbons (Fsp3) is 0.250. The van der Waals surface area contributed by atoms with Gasteiger partial charge in [0.05, 0.1) is 11.0 Å². The Bertz CT molecular complexity index is 816. The maximum absolute atomic E-state index is 14.0. The molecule has 1 unspecified atom stereocenters. The molecule has 25 heavy (non-hydrogen) atoms. The second-order valence-corrected chi connectivity index (χ2v) is 5.45. The van der Waals surface area contributed by atoms with Gasteiger partial charge in [-0.05, 0) is 26.2 Å². The molecule has 1 heterocycles. The van der Waals surface area contributed by atoms with Crippen LogP contribution in [0.1, 0.15) is 17.2 Å². The zero-order valence-corrected chi connectivity index (χ0v) is 13.5. The summed E-state index contributed by atoms with van der Waals surface area (Å²) in [5.41, 5.74) is -0.451. The SMILES string of the molecule is CN(C)C(CNc1ncc([N+](=O)[O-])cc1C#N)c1c(F)cccc1F. The molecule has 0 aliphatic heterocycles. The van der Waals surface area contributed by atoms with E-state index in [4.69, 9.17) is 5.26 Å². The number of hydrogen-bond acceptors (Lipinski definition) is 6. The average Bonchev–Trinajstić information content (AvgIpc) is 2.56. The van der Waals surface area contributed by atoms with E-state index in [1.807, 2.05) is 6.07 Å². The normalized spacial score (nSPS) is 11.8. The first-order chi connectivity index (χ1) is 11.8. The number of hydrogen-bond donors (Lipinski definition) is 1. The van der Waals surface area contributed by atoms with Gasteiger partial charge in [-0.3, -0.25) is 10.1 Å². The number of nitro groups is 1. The molecule has 0 saturated carbocycles. The van der Waals surface area contributed by atoms with Gasteiger partial charge in [0.15, 0.2) is 0 Å². The molecule has 0 aliphatic rings. The van der Waals surface area contributed by atoms with E-state index in [0.717, 1.165) is 12.3 Å². The van der Waals surface area contributed by atoms with Crippen molar-refractivity contribution in [3.63, 3.8) is 0 Å². The van der Waals surface area contributed by atoms with Crippen LogP contribution in [0, 0.1) is 33.1 Å². The molecule has 0 radical (unpaired) electrons. The van der Waals surface area contributed by atoms with Crippen LogP contribution in [-0.2, 0) is 0 Å². The number of benzene rings is 1. The largest absolute Gasteiger partial charge is 0.367 e. The molecule has 0 spiro atoms. The van der Waals surface area contributed by atoms with Crippen molar-refractivity contribution in [2.24, 2.45) is 0 Å². The van der Waals surface area contributed by atoms with Crippen molar-refractivity contribution < 1.29 is 13.7 Å². The standard InChI is InChI=1S/C16H15F2N5O2/c1-22(2)14(15-12(17)4-3-5-13(15)18)9-21-16-10(7-19)6-11(8-20-16)23(24)25/h3-6,8,14H,9H2,1-2H3,(H,20,21). The van der Waals surface area contributed by atoms with Crippen molar-refractivity contribution in [2.75, 3.05) is 26.0 Å². The zero-order valence-electron chi connectivity index (χ0n) is 13.5. The second kappa shape index (κ2) is 7.63. The molecule has 2 rings (SSSR count). The van der Waals surface area contributed by atoms with Crippen LogP contribution < -0.4 is 5.32 Å². The highest BCUT2D eigenvalue weighted by Crippen LogP contribution is 2.26. The molecule has 0 bridgehead atoms. The third-order valence-corrected chi connectivity index (χ3v) is 3.62. The summed E-state index contributed by atoms with van der Waals surface area (Å²) in [6, 6.07) is 5.84. The fourth-order valence-corrected chi connectivity index (χ4v) is 2.34. The minimum Gasteiger partial charge on any atom is -0.367 e. The van der Waals surface area contributed by atoms with Gasteiger partial charge in [-0.25, -0.2) is 13.8 Å². The molecule has 130 valence electrons. The van der Waals surface area contributed by atoms with Gasteiger partial charge in [-0.2, -0.15) is 5.26 Å². The highest BCUT2D eigenvalue weighted by molar-refractivity contribution is 5.55. The number of nitrogens with zero attached hydrogens (tertiary/aromatic N) is 4. The quantitative estimate of drug-likeness (QED) is 0.638. The number of halogens is 2. The second-order valence-electron chi connectivity index (χ2n) is 5.45. The van der Waals surface area contributed by atoms with E-state index in [9.17, 15) is 18.9 Å². The molecular formula is C16H15F2N5O2. The van der Waals surface area contributed by atoms with Crippen LogP contribution in [0.5, 0.6) is 0 Å². The van der Waals surface area contributed by atoms with Gasteiger partial charge in [-0.1, -0.05) is 6.07 Å². The van der Waals surface area contributed by atoms with E-state index < -0.39 is 22.6 Å². The lowest BCUT2D eigenvalue weighted by atomic mass is 10.0. The number of pyridine rings is 1. The Morgan fingerprint density at radius 3 is 2.56 bits per heavy atom. The molecule has 9 heteroatoms. The van der Waals surface area contributed by atoms with Crippen LogP contribution in [-0.4, -0.2) is 35.4 Å². The number of likely N-dealkylation sites (N-methyl/N-ethyl adjacent to an activating group) is 1. The summed E-state index contributed by atoms with van der Waals surface area (Å²) in [5.74, 6) is -1.26. The van der Waals surface area contributed by atoms with Gasteiger partial charge in [0.1, 0.15) is 35.3 Å². The maximum Gasteiger partial charge on any atom is 0.289 e. The van der Waals surface area contributed by atoms with E-state index in [2.05, 4.69) is 10.3 Å². The molecule has 1 aromatic carbocycles. The molecule has 2 aromatic rings. The Labute approximate surface area is 142 Å². The highest BCUT2D eigenvalue weighted by Gasteiger charge is 2.23. The summed E-state index contributed by atoms with van der Waals surface area (Å²) in [6.07, 6.45) is 1.01. The number of nitrogens with one attached hydrogen (secondary N) is 1. The Morgan fingerprint density at radius 2 is 2.04 bits per heavy atom. The summed E-state index contributed by atoms with van der Waals surface area (Å²) in [6.45, 7) is 0.0460. The monoisotopic (exact) mass is 347 g/mol. The number of anilines is 1. The van der Waals surface area contributed by atoms with Crippen molar-refractivity contribution in [3.8, 4) is 6.07 Å². The van der Waals surface area contributed by atoms with Crippen LogP contribution >= 0.6 is 0 Å². The van der Waals surface area contributed by atoms with Crippen molar-refractivity contribution >= 4 is 11.5 Å². The predicted molar refractivity (Wildman–Crippen MR) is 86.9 cm³/mol. The van der Waals surface area contributed by atoms with Gasteiger partial charge in [-0.15, -0.1) is 0 Å². The van der Waals surface area contributed by atoms with E-state index in [1.54, 1.807) is 19.0 Å². The van der Waals surface area contributed by atoms with E-state index in [0.29, 0.717) is 0 Å². The first-order valence-electron chi connectivity index (χ1n) is 7.24. The Kier molecular flexibility index (Phi) is 5.56. The first kappa shape index (κ1) is 18.2. The van der Waals surface area contributed by atoms with E-state index in [1.165, 1.54) is 18.2 Å². The molecule has 0 saturated heterocycles. The van der Waals surface area contributed by atoms with Gasteiger partial charge in [0.2, 0.25) is 0 Å². The minimum atomic E-state index is -0.683. The summed E-state index contributed by atoms with van der Waals surface area (Å²) < 4.78 is 28.1. The Balaban J connectivity index is 2.29. The van der Waals surface area contributed by atoms with Crippen LogP contribution in [0.25, 0.3) is 0 Å². The van der Waals surface area contributed by atoms with Crippen LogP contribution in [0.15, 0.2) is 30.5 Å². The van der Waals surface area contributed by atoms with Crippen molar-refractivity contribution in [1.82, 2.24) is 9.88 Å². The maximum atomic E-state index is 14.0. The fourth-order valence-electron chi connectivity index (χ4n) is 2.34. The predicted octanol–water partition coefficient (Wildman–Crippen LogP) is 2.85. The summed E-state index contributed by atoms with van der Waals surface area (Å²) in [5, 5.41) is 22.7. The van der Waals surface area contributed by atoms with E-state index in [-0.39, 0.29) is 29.2 Å². The number of rotatable bonds is 6. The smallest absolute Gasteiger partial charge is 0.289 e. The molecule has 0 aliphatic carbocycles. The molecule has 0 fully saturated rings. The lowest BCUT2D eigenvalue weighted by Crippen LogP contribution is -2.29. The number of nitriles is 1. The minimum absolute atomic E-state index is 0.0271. The first-order valence-corrected chi connectivity index (χ1v) is 7.24. The van der Waals surface area contributed by atoms with Crippen LogP contribution in [0.4, 0.5) is 20.3 Å². The lowest BCUT2D eigenvalue weighted by molar-refractivity contribution is -0.385.